The number of hydrogen-bond acceptors (Lipinski definition) is 3. The van der Waals surface area contributed by atoms with E-state index >= 15 is 0 Å². The molecule has 2 heterocycles. The number of methoxy groups -OCH3 is 1. The molecule has 4 rings (SSSR count). The maximum absolute atomic E-state index is 11.7. The Balaban J connectivity index is 1.62. The first-order valence-corrected chi connectivity index (χ1v) is 12.6. The molecule has 2 aliphatic carbocycles. The molecule has 0 spiro atoms. The quantitative estimate of drug-likeness (QED) is 0.350. The van der Waals surface area contributed by atoms with Crippen LogP contribution in [0.2, 0.25) is 0 Å². The molecule has 0 aliphatic heterocycles. The molecule has 0 bridgehead atoms. The highest BCUT2D eigenvalue weighted by Gasteiger charge is 2.23. The second-order valence-corrected chi connectivity index (χ2v) is 9.36. The van der Waals surface area contributed by atoms with Crippen LogP contribution in [0, 0.1) is 0 Å². The summed E-state index contributed by atoms with van der Waals surface area (Å²) in [5.74, 6) is 0.923. The molecular weight excluding hydrogens is 410 g/mol. The van der Waals surface area contributed by atoms with Gasteiger partial charge in [0.05, 0.1) is 12.5 Å². The summed E-state index contributed by atoms with van der Waals surface area (Å²) < 4.78 is 10.4. The lowest BCUT2D eigenvalue weighted by atomic mass is 9.83. The number of rotatable bonds is 10. The summed E-state index contributed by atoms with van der Waals surface area (Å²) in [5.41, 5.74) is 5.36. The molecule has 0 aromatic carbocycles. The molecule has 2 aliphatic rings. The molecule has 33 heavy (non-hydrogen) atoms. The van der Waals surface area contributed by atoms with Gasteiger partial charge in [-0.1, -0.05) is 63.7 Å². The Labute approximate surface area is 197 Å². The lowest BCUT2D eigenvalue weighted by molar-refractivity contribution is 0.0564. The van der Waals surface area contributed by atoms with Gasteiger partial charge in [0, 0.05) is 16.8 Å². The zero-order valence-corrected chi connectivity index (χ0v) is 20.3. The fourth-order valence-corrected chi connectivity index (χ4v) is 5.20. The van der Waals surface area contributed by atoms with E-state index in [2.05, 4.69) is 37.1 Å². The van der Waals surface area contributed by atoms with Crippen LogP contribution in [0.25, 0.3) is 17.7 Å². The molecule has 2 aromatic heterocycles. The van der Waals surface area contributed by atoms with Crippen molar-refractivity contribution in [1.82, 2.24) is 4.98 Å². The molecule has 0 saturated heterocycles. The summed E-state index contributed by atoms with van der Waals surface area (Å²) >= 11 is 0. The zero-order chi connectivity index (χ0) is 23.2. The SMILES string of the molecule is CCCCCCCCC1C=CC(C(C)=Cc2ccc(C(=O)OC)o2)=c2[nH]c3c(c21)CCCC=3. The van der Waals surface area contributed by atoms with E-state index in [1.165, 1.54) is 85.9 Å². The minimum atomic E-state index is -0.454. The number of fused-ring (bicyclic) bond motifs is 3. The van der Waals surface area contributed by atoms with Gasteiger partial charge >= 0.3 is 5.97 Å². The summed E-state index contributed by atoms with van der Waals surface area (Å²) in [6.07, 6.45) is 21.8. The van der Waals surface area contributed by atoms with Crippen LogP contribution in [-0.2, 0) is 11.2 Å². The summed E-state index contributed by atoms with van der Waals surface area (Å²) in [7, 11) is 1.36. The number of nitrogens with one attached hydrogen (secondary N) is 1. The van der Waals surface area contributed by atoms with Crippen molar-refractivity contribution in [2.45, 2.75) is 84.0 Å². The van der Waals surface area contributed by atoms with Crippen LogP contribution in [0.4, 0.5) is 0 Å². The van der Waals surface area contributed by atoms with Gasteiger partial charge in [0.1, 0.15) is 5.76 Å². The largest absolute Gasteiger partial charge is 0.463 e. The molecular formula is C29H37NO3. The predicted molar refractivity (Wildman–Crippen MR) is 134 cm³/mol. The molecule has 0 radical (unpaired) electrons. The van der Waals surface area contributed by atoms with E-state index in [0.717, 1.165) is 18.4 Å². The second kappa shape index (κ2) is 10.9. The second-order valence-electron chi connectivity index (χ2n) is 9.36. The number of carbonyl (C=O) groups is 1. The number of furan rings is 1. The normalized spacial score (nSPS) is 17.5. The average molecular weight is 448 g/mol. The molecule has 0 saturated carbocycles. The number of esters is 1. The van der Waals surface area contributed by atoms with Crippen molar-refractivity contribution in [1.29, 1.82) is 0 Å². The third-order valence-electron chi connectivity index (χ3n) is 6.96. The number of allylic oxidation sites excluding steroid dienone is 3. The van der Waals surface area contributed by atoms with Crippen molar-refractivity contribution >= 4 is 23.7 Å². The molecule has 1 atom stereocenters. The molecule has 1 N–H and O–H groups in total. The van der Waals surface area contributed by atoms with Gasteiger partial charge < -0.3 is 14.1 Å². The van der Waals surface area contributed by atoms with E-state index in [0.29, 0.717) is 11.7 Å². The molecule has 0 fully saturated rings. The molecule has 4 heteroatoms. The Morgan fingerprint density at radius 2 is 2.03 bits per heavy atom. The van der Waals surface area contributed by atoms with Gasteiger partial charge in [-0.25, -0.2) is 4.79 Å². The number of unbranched alkanes of at least 4 members (excludes halogenated alkanes) is 5. The summed E-state index contributed by atoms with van der Waals surface area (Å²) in [5, 5.41) is 2.59. The smallest absolute Gasteiger partial charge is 0.373 e. The van der Waals surface area contributed by atoms with Crippen LogP contribution in [0.5, 0.6) is 0 Å². The van der Waals surface area contributed by atoms with Gasteiger partial charge in [-0.3, -0.25) is 0 Å². The van der Waals surface area contributed by atoms with E-state index in [9.17, 15) is 4.79 Å². The summed E-state index contributed by atoms with van der Waals surface area (Å²) in [6, 6.07) is 3.48. The van der Waals surface area contributed by atoms with E-state index < -0.39 is 5.97 Å². The van der Waals surface area contributed by atoms with Crippen LogP contribution in [-0.4, -0.2) is 18.1 Å². The van der Waals surface area contributed by atoms with Crippen molar-refractivity contribution < 1.29 is 13.9 Å². The highest BCUT2D eigenvalue weighted by molar-refractivity contribution is 5.87. The van der Waals surface area contributed by atoms with Gasteiger partial charge in [-0.15, -0.1) is 0 Å². The first-order chi connectivity index (χ1) is 16.1. The number of aromatic nitrogens is 1. The maximum atomic E-state index is 11.7. The van der Waals surface area contributed by atoms with Crippen molar-refractivity contribution in [3.8, 4) is 0 Å². The summed E-state index contributed by atoms with van der Waals surface area (Å²) in [4.78, 5) is 15.5. The highest BCUT2D eigenvalue weighted by atomic mass is 16.5. The first-order valence-electron chi connectivity index (χ1n) is 12.6. The first kappa shape index (κ1) is 23.4. The van der Waals surface area contributed by atoms with Gasteiger partial charge in [-0.05, 0) is 67.5 Å². The van der Waals surface area contributed by atoms with E-state index in [1.54, 1.807) is 6.07 Å². The maximum Gasteiger partial charge on any atom is 0.373 e. The third kappa shape index (κ3) is 5.26. The number of ether oxygens (including phenoxy) is 1. The monoisotopic (exact) mass is 447 g/mol. The van der Waals surface area contributed by atoms with E-state index in [1.807, 2.05) is 12.1 Å². The molecule has 1 unspecified atom stereocenters. The number of H-pyrrole nitrogens is 1. The van der Waals surface area contributed by atoms with Crippen LogP contribution < -0.4 is 10.7 Å². The minimum Gasteiger partial charge on any atom is -0.463 e. The van der Waals surface area contributed by atoms with Crippen LogP contribution >= 0.6 is 0 Å². The van der Waals surface area contributed by atoms with Crippen LogP contribution in [0.1, 0.15) is 105 Å². The number of hydrogen-bond donors (Lipinski definition) is 1. The van der Waals surface area contributed by atoms with Crippen LogP contribution in [0.3, 0.4) is 0 Å². The van der Waals surface area contributed by atoms with Crippen molar-refractivity contribution in [3.05, 3.63) is 63.2 Å². The Bertz CT molecular complexity index is 1160. The van der Waals surface area contributed by atoms with Crippen LogP contribution in [0.15, 0.2) is 34.3 Å². The average Bonchev–Trinajstić information content (AvgIpc) is 3.45. The third-order valence-corrected chi connectivity index (χ3v) is 6.96. The predicted octanol–water partition coefficient (Wildman–Crippen LogP) is 6.17. The van der Waals surface area contributed by atoms with Crippen molar-refractivity contribution in [2.24, 2.45) is 0 Å². The fourth-order valence-electron chi connectivity index (χ4n) is 5.20. The lowest BCUT2D eigenvalue weighted by Gasteiger charge is -2.20. The molecule has 176 valence electrons. The lowest BCUT2D eigenvalue weighted by Crippen LogP contribution is -2.20. The standard InChI is InChI=1S/C29H37NO3/c1-4-5-6-7-8-9-12-21-15-17-23(28-27(21)24-13-10-11-14-25(24)30-28)20(2)19-22-16-18-26(33-22)29(31)32-3/h14-19,21,30H,4-13H2,1-3H3. The number of aromatic amines is 1. The van der Waals surface area contributed by atoms with Gasteiger partial charge in [0.15, 0.2) is 0 Å². The number of carbonyl (C=O) groups excluding carboxylic acids is 1. The van der Waals surface area contributed by atoms with Gasteiger partial charge in [0.2, 0.25) is 5.76 Å². The van der Waals surface area contributed by atoms with E-state index in [4.69, 9.17) is 9.15 Å². The van der Waals surface area contributed by atoms with Gasteiger partial charge in [-0.2, -0.15) is 0 Å². The summed E-state index contributed by atoms with van der Waals surface area (Å²) in [6.45, 7) is 4.39. The van der Waals surface area contributed by atoms with Crippen molar-refractivity contribution in [3.63, 3.8) is 0 Å². The highest BCUT2D eigenvalue weighted by Crippen LogP contribution is 2.31. The zero-order valence-electron chi connectivity index (χ0n) is 20.3. The Kier molecular flexibility index (Phi) is 7.74. The minimum absolute atomic E-state index is 0.227. The topological polar surface area (TPSA) is 55.2 Å². The molecule has 2 aromatic rings. The fraction of sp³-hybridized carbons (Fsp3) is 0.483. The van der Waals surface area contributed by atoms with Crippen molar-refractivity contribution in [2.75, 3.05) is 7.11 Å². The Hall–Kier alpha value is -2.75. The van der Waals surface area contributed by atoms with Gasteiger partial charge in [0.25, 0.3) is 0 Å². The molecule has 4 nitrogen and oxygen atoms in total. The van der Waals surface area contributed by atoms with E-state index in [-0.39, 0.29) is 5.76 Å². The molecule has 0 amide bonds. The Morgan fingerprint density at radius 1 is 1.21 bits per heavy atom. The Morgan fingerprint density at radius 3 is 2.85 bits per heavy atom.